The van der Waals surface area contributed by atoms with Gasteiger partial charge in [-0.25, -0.2) is 0 Å². The van der Waals surface area contributed by atoms with E-state index in [1.807, 2.05) is 6.07 Å². The highest BCUT2D eigenvalue weighted by Gasteiger charge is 2.25. The van der Waals surface area contributed by atoms with Crippen molar-refractivity contribution >= 4 is 10.8 Å². The molecule has 0 saturated heterocycles. The molecule has 37 heavy (non-hydrogen) atoms. The minimum atomic E-state index is -0.00791. The highest BCUT2D eigenvalue weighted by atomic mass is 16.3. The van der Waals surface area contributed by atoms with Gasteiger partial charge in [-0.3, -0.25) is 0 Å². The van der Waals surface area contributed by atoms with Crippen molar-refractivity contribution in [3.05, 3.63) is 133 Å². The number of benzene rings is 5. The van der Waals surface area contributed by atoms with Crippen molar-refractivity contribution in [3.8, 4) is 44.9 Å². The van der Waals surface area contributed by atoms with Crippen LogP contribution in [0.3, 0.4) is 0 Å². The van der Waals surface area contributed by atoms with Crippen LogP contribution < -0.4 is 0 Å². The van der Waals surface area contributed by atoms with Crippen molar-refractivity contribution in [2.45, 2.75) is 26.2 Å². The van der Waals surface area contributed by atoms with Crippen LogP contribution in [0.15, 0.2) is 132 Å². The van der Waals surface area contributed by atoms with Crippen LogP contribution in [0.1, 0.15) is 26.3 Å². The van der Waals surface area contributed by atoms with E-state index < -0.39 is 0 Å². The standard InChI is InChI=1S/C36H30O/c1-36(2,3)28-23-31(25-15-7-4-8-16-25)33(32(24-28)26-17-9-5-10-18-26)35-30-22-14-13-21-29(30)34(37-35)27-19-11-6-12-20-27/h4-24H,1-3H3. The van der Waals surface area contributed by atoms with E-state index >= 15 is 0 Å². The van der Waals surface area contributed by atoms with Crippen molar-refractivity contribution in [1.82, 2.24) is 0 Å². The Morgan fingerprint density at radius 1 is 0.459 bits per heavy atom. The Kier molecular flexibility index (Phi) is 5.77. The Labute approximate surface area is 219 Å². The average Bonchev–Trinajstić information content (AvgIpc) is 3.33. The predicted octanol–water partition coefficient (Wildman–Crippen LogP) is 10.4. The van der Waals surface area contributed by atoms with Crippen molar-refractivity contribution in [1.29, 1.82) is 0 Å². The topological polar surface area (TPSA) is 13.1 Å². The Bertz CT molecular complexity index is 1610. The zero-order chi connectivity index (χ0) is 25.4. The van der Waals surface area contributed by atoms with Gasteiger partial charge in [0.1, 0.15) is 11.5 Å². The van der Waals surface area contributed by atoms with E-state index in [0.717, 1.165) is 33.4 Å². The quantitative estimate of drug-likeness (QED) is 0.246. The third-order valence-corrected chi connectivity index (χ3v) is 7.06. The third kappa shape index (κ3) is 4.27. The van der Waals surface area contributed by atoms with Crippen LogP contribution in [0, 0.1) is 0 Å². The first-order chi connectivity index (χ1) is 18.0. The van der Waals surface area contributed by atoms with E-state index in [2.05, 4.69) is 142 Å². The fourth-order valence-electron chi connectivity index (χ4n) is 5.09. The molecular weight excluding hydrogens is 448 g/mol. The summed E-state index contributed by atoms with van der Waals surface area (Å²) in [6.07, 6.45) is 0. The highest BCUT2D eigenvalue weighted by Crippen LogP contribution is 2.48. The summed E-state index contributed by atoms with van der Waals surface area (Å²) in [4.78, 5) is 0. The van der Waals surface area contributed by atoms with E-state index in [1.165, 1.54) is 27.8 Å². The molecule has 5 aromatic carbocycles. The molecule has 0 aliphatic carbocycles. The lowest BCUT2D eigenvalue weighted by atomic mass is 9.80. The van der Waals surface area contributed by atoms with Crippen LogP contribution in [0.4, 0.5) is 0 Å². The zero-order valence-corrected chi connectivity index (χ0v) is 21.5. The van der Waals surface area contributed by atoms with Gasteiger partial charge in [0.2, 0.25) is 0 Å². The maximum atomic E-state index is 6.89. The van der Waals surface area contributed by atoms with Gasteiger partial charge in [0.25, 0.3) is 0 Å². The molecule has 0 amide bonds. The molecular formula is C36H30O. The first-order valence-electron chi connectivity index (χ1n) is 12.9. The van der Waals surface area contributed by atoms with E-state index in [-0.39, 0.29) is 5.41 Å². The summed E-state index contributed by atoms with van der Waals surface area (Å²) >= 11 is 0. The van der Waals surface area contributed by atoms with E-state index in [9.17, 15) is 0 Å². The van der Waals surface area contributed by atoms with E-state index in [1.54, 1.807) is 0 Å². The molecule has 0 radical (unpaired) electrons. The average molecular weight is 479 g/mol. The fourth-order valence-corrected chi connectivity index (χ4v) is 5.09. The van der Waals surface area contributed by atoms with Gasteiger partial charge >= 0.3 is 0 Å². The lowest BCUT2D eigenvalue weighted by molar-refractivity contribution is 0.589. The second-order valence-corrected chi connectivity index (χ2v) is 10.6. The predicted molar refractivity (Wildman–Crippen MR) is 157 cm³/mol. The minimum Gasteiger partial charge on any atom is -0.455 e. The number of hydrogen-bond donors (Lipinski definition) is 0. The second-order valence-electron chi connectivity index (χ2n) is 10.6. The van der Waals surface area contributed by atoms with E-state index in [4.69, 9.17) is 4.42 Å². The molecule has 0 saturated carbocycles. The Morgan fingerprint density at radius 3 is 1.32 bits per heavy atom. The summed E-state index contributed by atoms with van der Waals surface area (Å²) in [7, 11) is 0. The molecule has 0 bridgehead atoms. The van der Waals surface area contributed by atoms with Gasteiger partial charge in [0.15, 0.2) is 0 Å². The number of fused-ring (bicyclic) bond motifs is 1. The van der Waals surface area contributed by atoms with Crippen molar-refractivity contribution < 1.29 is 4.42 Å². The summed E-state index contributed by atoms with van der Waals surface area (Å²) in [5.41, 5.74) is 8.24. The lowest BCUT2D eigenvalue weighted by Gasteiger charge is -2.24. The molecule has 6 rings (SSSR count). The van der Waals surface area contributed by atoms with Gasteiger partial charge in [-0.1, -0.05) is 136 Å². The first-order valence-corrected chi connectivity index (χ1v) is 12.9. The molecule has 1 nitrogen and oxygen atoms in total. The molecule has 0 aliphatic rings. The molecule has 6 aromatic rings. The number of rotatable bonds is 4. The van der Waals surface area contributed by atoms with Crippen LogP contribution >= 0.6 is 0 Å². The van der Waals surface area contributed by atoms with Gasteiger partial charge in [-0.15, -0.1) is 0 Å². The molecule has 0 fully saturated rings. The summed E-state index contributed by atoms with van der Waals surface area (Å²) in [6, 6.07) is 45.1. The maximum Gasteiger partial charge on any atom is 0.143 e. The lowest BCUT2D eigenvalue weighted by Crippen LogP contribution is -2.12. The van der Waals surface area contributed by atoms with Crippen molar-refractivity contribution in [3.63, 3.8) is 0 Å². The molecule has 0 aliphatic heterocycles. The Morgan fingerprint density at radius 2 is 0.865 bits per heavy atom. The van der Waals surface area contributed by atoms with Crippen molar-refractivity contribution in [2.75, 3.05) is 0 Å². The van der Waals surface area contributed by atoms with Gasteiger partial charge in [-0.2, -0.15) is 0 Å². The smallest absolute Gasteiger partial charge is 0.143 e. The number of furan rings is 1. The summed E-state index contributed by atoms with van der Waals surface area (Å²) in [5.74, 6) is 1.82. The molecule has 0 spiro atoms. The largest absolute Gasteiger partial charge is 0.455 e. The van der Waals surface area contributed by atoms with E-state index in [0.29, 0.717) is 0 Å². The molecule has 0 N–H and O–H groups in total. The fraction of sp³-hybridized carbons (Fsp3) is 0.111. The van der Waals surface area contributed by atoms with Crippen LogP contribution in [-0.2, 0) is 5.41 Å². The third-order valence-electron chi connectivity index (χ3n) is 7.06. The minimum absolute atomic E-state index is 0.00791. The molecule has 0 unspecified atom stereocenters. The molecule has 1 aromatic heterocycles. The molecule has 180 valence electrons. The summed E-state index contributed by atoms with van der Waals surface area (Å²) in [5, 5.41) is 2.25. The molecule has 0 atom stereocenters. The number of hydrogen-bond acceptors (Lipinski definition) is 1. The highest BCUT2D eigenvalue weighted by molar-refractivity contribution is 6.07. The normalized spacial score (nSPS) is 11.6. The first kappa shape index (κ1) is 23.1. The van der Waals surface area contributed by atoms with Gasteiger partial charge < -0.3 is 4.42 Å². The van der Waals surface area contributed by atoms with Crippen LogP contribution in [-0.4, -0.2) is 0 Å². The Balaban J connectivity index is 1.76. The molecule has 1 heterocycles. The van der Waals surface area contributed by atoms with Gasteiger partial charge in [0, 0.05) is 21.9 Å². The maximum absolute atomic E-state index is 6.89. The second kappa shape index (κ2) is 9.26. The SMILES string of the molecule is CC(C)(C)c1cc(-c2ccccc2)c(-c2oc(-c3ccccc3)c3ccccc23)c(-c2ccccc2)c1. The van der Waals surface area contributed by atoms with Crippen LogP contribution in [0.25, 0.3) is 55.7 Å². The molecule has 1 heteroatoms. The monoisotopic (exact) mass is 478 g/mol. The zero-order valence-electron chi connectivity index (χ0n) is 21.5. The van der Waals surface area contributed by atoms with Gasteiger partial charge in [0.05, 0.1) is 0 Å². The van der Waals surface area contributed by atoms with Crippen LogP contribution in [0.2, 0.25) is 0 Å². The van der Waals surface area contributed by atoms with Crippen LogP contribution in [0.5, 0.6) is 0 Å². The summed E-state index contributed by atoms with van der Waals surface area (Å²) < 4.78 is 6.89. The van der Waals surface area contributed by atoms with Crippen molar-refractivity contribution in [2.24, 2.45) is 0 Å². The van der Waals surface area contributed by atoms with Gasteiger partial charge in [-0.05, 0) is 45.4 Å². The summed E-state index contributed by atoms with van der Waals surface area (Å²) in [6.45, 7) is 6.84. The Hall–Kier alpha value is -4.36.